The van der Waals surface area contributed by atoms with Crippen LogP contribution in [0.15, 0.2) is 29.1 Å². The molecule has 0 unspecified atom stereocenters. The number of rotatable bonds is 0. The van der Waals surface area contributed by atoms with E-state index in [9.17, 15) is 4.79 Å². The first-order valence-corrected chi connectivity index (χ1v) is 5.35. The number of hydrogen-bond acceptors (Lipinski definition) is 3. The highest BCUT2D eigenvalue weighted by Crippen LogP contribution is 2.27. The van der Waals surface area contributed by atoms with Gasteiger partial charge in [-0.2, -0.15) is 0 Å². The molecule has 0 atom stereocenters. The van der Waals surface area contributed by atoms with Crippen LogP contribution in [0.5, 0.6) is 0 Å². The minimum Gasteiger partial charge on any atom is -0.238 e. The summed E-state index contributed by atoms with van der Waals surface area (Å²) < 4.78 is 3.15. The van der Waals surface area contributed by atoms with Crippen LogP contribution in [0.3, 0.4) is 0 Å². The van der Waals surface area contributed by atoms with E-state index in [1.165, 1.54) is 16.0 Å². The van der Waals surface area contributed by atoms with Crippen LogP contribution >= 0.6 is 11.3 Å². The number of thiophene rings is 1. The van der Waals surface area contributed by atoms with E-state index < -0.39 is 0 Å². The minimum absolute atomic E-state index is 0.0510. The van der Waals surface area contributed by atoms with Gasteiger partial charge >= 0.3 is 5.56 Å². The van der Waals surface area contributed by atoms with Crippen LogP contribution in [-0.2, 0) is 7.05 Å². The Kier molecular flexibility index (Phi) is 1.63. The van der Waals surface area contributed by atoms with Crippen molar-refractivity contribution in [1.82, 2.24) is 9.90 Å². The van der Waals surface area contributed by atoms with Crippen molar-refractivity contribution < 1.29 is 5.10 Å². The normalized spacial score (nSPS) is 11.3. The number of H-pyrrole nitrogens is 1. The molecule has 2 heterocycles. The Bertz CT molecular complexity index is 713. The third kappa shape index (κ3) is 1.10. The van der Waals surface area contributed by atoms with E-state index in [2.05, 4.69) is 10.3 Å². The SMILES string of the molecule is Cn1n[nH+]c2c(sc3ccccc32)c1=O. The molecule has 4 nitrogen and oxygen atoms in total. The summed E-state index contributed by atoms with van der Waals surface area (Å²) in [5.74, 6) is 0. The smallest absolute Gasteiger partial charge is 0.238 e. The molecule has 0 saturated heterocycles. The Labute approximate surface area is 88.8 Å². The van der Waals surface area contributed by atoms with Crippen molar-refractivity contribution in [3.05, 3.63) is 34.6 Å². The van der Waals surface area contributed by atoms with Crippen LogP contribution in [0.4, 0.5) is 0 Å². The summed E-state index contributed by atoms with van der Waals surface area (Å²) >= 11 is 1.50. The summed E-state index contributed by atoms with van der Waals surface area (Å²) in [5, 5.41) is 7.88. The molecule has 5 heteroatoms. The lowest BCUT2D eigenvalue weighted by atomic mass is 10.2. The molecule has 0 amide bonds. The van der Waals surface area contributed by atoms with E-state index in [4.69, 9.17) is 0 Å². The van der Waals surface area contributed by atoms with E-state index in [1.54, 1.807) is 7.05 Å². The van der Waals surface area contributed by atoms with Gasteiger partial charge in [-0.3, -0.25) is 0 Å². The van der Waals surface area contributed by atoms with Crippen LogP contribution in [0.25, 0.3) is 20.3 Å². The lowest BCUT2D eigenvalue weighted by Gasteiger charge is -1.86. The maximum atomic E-state index is 11.8. The van der Waals surface area contributed by atoms with E-state index in [0.717, 1.165) is 20.3 Å². The van der Waals surface area contributed by atoms with Crippen molar-refractivity contribution in [1.29, 1.82) is 0 Å². The van der Waals surface area contributed by atoms with E-state index in [0.29, 0.717) is 0 Å². The first-order valence-electron chi connectivity index (χ1n) is 4.53. The van der Waals surface area contributed by atoms with Crippen LogP contribution < -0.4 is 10.7 Å². The van der Waals surface area contributed by atoms with Gasteiger partial charge in [-0.1, -0.05) is 16.8 Å². The zero-order valence-corrected chi connectivity index (χ0v) is 8.84. The van der Waals surface area contributed by atoms with Crippen molar-refractivity contribution >= 4 is 31.6 Å². The Balaban J connectivity index is 2.66. The predicted octanol–water partition coefficient (Wildman–Crippen LogP) is 0.962. The van der Waals surface area contributed by atoms with Gasteiger partial charge in [0, 0.05) is 10.1 Å². The molecule has 0 radical (unpaired) electrons. The van der Waals surface area contributed by atoms with E-state index in [-0.39, 0.29) is 5.56 Å². The monoisotopic (exact) mass is 218 g/mol. The average Bonchev–Trinajstić information content (AvgIpc) is 2.63. The summed E-state index contributed by atoms with van der Waals surface area (Å²) in [5.41, 5.74) is 0.781. The van der Waals surface area contributed by atoms with Gasteiger partial charge in [0.2, 0.25) is 0 Å². The first-order chi connectivity index (χ1) is 7.27. The van der Waals surface area contributed by atoms with Gasteiger partial charge < -0.3 is 0 Å². The Hall–Kier alpha value is -1.75. The molecule has 1 N–H and O–H groups in total. The molecule has 0 bridgehead atoms. The molecule has 0 aliphatic carbocycles. The van der Waals surface area contributed by atoms with Crippen molar-refractivity contribution in [2.45, 2.75) is 0 Å². The molecular formula is C10H8N3OS+. The topological polar surface area (TPSA) is 49.0 Å². The molecule has 0 saturated carbocycles. The fourth-order valence-corrected chi connectivity index (χ4v) is 2.75. The second-order valence-corrected chi connectivity index (χ2v) is 4.40. The second kappa shape index (κ2) is 2.87. The summed E-state index contributed by atoms with van der Waals surface area (Å²) in [6, 6.07) is 7.93. The largest absolute Gasteiger partial charge is 0.375 e. The maximum absolute atomic E-state index is 11.8. The highest BCUT2D eigenvalue weighted by Gasteiger charge is 2.14. The molecule has 0 aliphatic heterocycles. The molecule has 15 heavy (non-hydrogen) atoms. The molecule has 3 aromatic rings. The van der Waals surface area contributed by atoms with Gasteiger partial charge in [0.15, 0.2) is 10.2 Å². The standard InChI is InChI=1S/C10H7N3OS/c1-13-10(14)9-8(11-12-13)6-4-2-3-5-7(6)15-9/h2-5H,1H3/p+1. The highest BCUT2D eigenvalue weighted by molar-refractivity contribution is 7.25. The number of aryl methyl sites for hydroxylation is 1. The Morgan fingerprint density at radius 1 is 1.40 bits per heavy atom. The average molecular weight is 218 g/mol. The van der Waals surface area contributed by atoms with E-state index in [1.807, 2.05) is 24.3 Å². The summed E-state index contributed by atoms with van der Waals surface area (Å²) in [6.07, 6.45) is 0. The third-order valence-corrected chi connectivity index (χ3v) is 3.55. The molecular weight excluding hydrogens is 210 g/mol. The van der Waals surface area contributed by atoms with Crippen LogP contribution in [0.2, 0.25) is 0 Å². The molecule has 3 rings (SSSR count). The number of fused-ring (bicyclic) bond motifs is 3. The fraction of sp³-hybridized carbons (Fsp3) is 0.100. The lowest BCUT2D eigenvalue weighted by Crippen LogP contribution is -2.28. The Morgan fingerprint density at radius 3 is 3.07 bits per heavy atom. The number of aromatic amines is 1. The van der Waals surface area contributed by atoms with Crippen molar-refractivity contribution in [2.75, 3.05) is 0 Å². The molecule has 1 aromatic carbocycles. The summed E-state index contributed by atoms with van der Waals surface area (Å²) in [6.45, 7) is 0. The zero-order chi connectivity index (χ0) is 10.4. The van der Waals surface area contributed by atoms with Crippen molar-refractivity contribution in [2.24, 2.45) is 7.05 Å². The quantitative estimate of drug-likeness (QED) is 0.564. The first kappa shape index (κ1) is 8.55. The minimum atomic E-state index is -0.0510. The third-order valence-electron chi connectivity index (χ3n) is 2.40. The summed E-state index contributed by atoms with van der Waals surface area (Å²) in [4.78, 5) is 11.8. The van der Waals surface area contributed by atoms with E-state index >= 15 is 0 Å². The van der Waals surface area contributed by atoms with Gasteiger partial charge in [0.05, 0.1) is 5.21 Å². The fourth-order valence-electron chi connectivity index (χ4n) is 1.62. The van der Waals surface area contributed by atoms with Gasteiger partial charge in [0.1, 0.15) is 7.05 Å². The number of aromatic nitrogens is 3. The van der Waals surface area contributed by atoms with Gasteiger partial charge in [-0.25, -0.2) is 4.79 Å². The zero-order valence-electron chi connectivity index (χ0n) is 8.02. The van der Waals surface area contributed by atoms with Gasteiger partial charge in [-0.15, -0.1) is 16.4 Å². The maximum Gasteiger partial charge on any atom is 0.375 e. The van der Waals surface area contributed by atoms with Crippen LogP contribution in [-0.4, -0.2) is 9.90 Å². The number of hydrogen-bond donors (Lipinski definition) is 0. The lowest BCUT2D eigenvalue weighted by molar-refractivity contribution is -0.437. The van der Waals surface area contributed by atoms with Gasteiger partial charge in [0.25, 0.3) is 0 Å². The van der Waals surface area contributed by atoms with Crippen LogP contribution in [0, 0.1) is 0 Å². The highest BCUT2D eigenvalue weighted by atomic mass is 32.1. The van der Waals surface area contributed by atoms with Gasteiger partial charge in [-0.05, 0) is 12.1 Å². The summed E-state index contributed by atoms with van der Waals surface area (Å²) in [7, 11) is 1.64. The Morgan fingerprint density at radius 2 is 2.20 bits per heavy atom. The molecule has 74 valence electrons. The number of nitrogens with one attached hydrogen (secondary N) is 1. The van der Waals surface area contributed by atoms with Crippen LogP contribution in [0.1, 0.15) is 0 Å². The predicted molar refractivity (Wildman–Crippen MR) is 58.9 cm³/mol. The molecule has 0 spiro atoms. The molecule has 2 aromatic heterocycles. The molecule has 0 fully saturated rings. The second-order valence-electron chi connectivity index (χ2n) is 3.34. The number of nitrogens with zero attached hydrogens (tertiary/aromatic N) is 2. The van der Waals surface area contributed by atoms with Crippen molar-refractivity contribution in [3.63, 3.8) is 0 Å². The van der Waals surface area contributed by atoms with Crippen molar-refractivity contribution in [3.8, 4) is 0 Å². The number of benzene rings is 1. The molecule has 0 aliphatic rings.